The lowest BCUT2D eigenvalue weighted by Gasteiger charge is -2.22. The first-order valence-corrected chi connectivity index (χ1v) is 6.38. The molecule has 3 nitrogen and oxygen atoms in total. The van der Waals surface area contributed by atoms with Crippen molar-refractivity contribution in [3.63, 3.8) is 0 Å². The lowest BCUT2D eigenvalue weighted by molar-refractivity contribution is 0.0945. The summed E-state index contributed by atoms with van der Waals surface area (Å²) < 4.78 is 0. The van der Waals surface area contributed by atoms with Crippen molar-refractivity contribution in [2.75, 3.05) is 19.6 Å². The topological polar surface area (TPSA) is 41.1 Å². The van der Waals surface area contributed by atoms with E-state index in [4.69, 9.17) is 11.6 Å². The van der Waals surface area contributed by atoms with E-state index in [2.05, 4.69) is 10.6 Å². The fraction of sp³-hybridized carbons (Fsp3) is 0.462. The molecule has 4 heteroatoms. The van der Waals surface area contributed by atoms with Gasteiger partial charge in [-0.1, -0.05) is 17.7 Å². The Bertz CT molecular complexity index is 389. The van der Waals surface area contributed by atoms with Crippen LogP contribution in [0.4, 0.5) is 0 Å². The van der Waals surface area contributed by atoms with E-state index in [1.807, 2.05) is 0 Å². The van der Waals surface area contributed by atoms with E-state index in [1.165, 1.54) is 12.8 Å². The lowest BCUT2D eigenvalue weighted by Crippen LogP contribution is -2.38. The summed E-state index contributed by atoms with van der Waals surface area (Å²) in [7, 11) is 0. The van der Waals surface area contributed by atoms with Gasteiger partial charge < -0.3 is 10.6 Å². The van der Waals surface area contributed by atoms with Crippen molar-refractivity contribution in [1.82, 2.24) is 10.6 Å². The second-order valence-corrected chi connectivity index (χ2v) is 4.87. The quantitative estimate of drug-likeness (QED) is 0.865. The number of amides is 1. The Balaban J connectivity index is 1.84. The molecular weight excluding hydrogens is 236 g/mol. The second-order valence-electron chi connectivity index (χ2n) is 4.43. The van der Waals surface area contributed by atoms with Crippen molar-refractivity contribution < 1.29 is 4.79 Å². The zero-order chi connectivity index (χ0) is 12.1. The van der Waals surface area contributed by atoms with Gasteiger partial charge in [0.25, 0.3) is 5.91 Å². The molecule has 1 saturated heterocycles. The van der Waals surface area contributed by atoms with Gasteiger partial charge in [0.1, 0.15) is 0 Å². The first-order chi connectivity index (χ1) is 8.25. The van der Waals surface area contributed by atoms with E-state index in [1.54, 1.807) is 24.3 Å². The Morgan fingerprint density at radius 2 is 2.41 bits per heavy atom. The maximum atomic E-state index is 11.8. The first-order valence-electron chi connectivity index (χ1n) is 6.00. The van der Waals surface area contributed by atoms with Gasteiger partial charge in [-0.2, -0.15) is 0 Å². The summed E-state index contributed by atoms with van der Waals surface area (Å²) in [5.74, 6) is 0.505. The zero-order valence-electron chi connectivity index (χ0n) is 9.71. The highest BCUT2D eigenvalue weighted by atomic mass is 35.5. The van der Waals surface area contributed by atoms with Crippen LogP contribution in [0.25, 0.3) is 0 Å². The van der Waals surface area contributed by atoms with Crippen molar-refractivity contribution >= 4 is 17.5 Å². The summed E-state index contributed by atoms with van der Waals surface area (Å²) in [5, 5.41) is 6.89. The largest absolute Gasteiger partial charge is 0.352 e. The average molecular weight is 253 g/mol. The third-order valence-corrected chi connectivity index (χ3v) is 3.27. The van der Waals surface area contributed by atoms with Gasteiger partial charge in [0.05, 0.1) is 0 Å². The van der Waals surface area contributed by atoms with Crippen LogP contribution < -0.4 is 10.6 Å². The molecule has 1 aromatic carbocycles. The normalized spacial score (nSPS) is 19.9. The highest BCUT2D eigenvalue weighted by Gasteiger charge is 2.14. The molecule has 17 heavy (non-hydrogen) atoms. The van der Waals surface area contributed by atoms with Crippen LogP contribution in [0.2, 0.25) is 5.02 Å². The SMILES string of the molecule is O=C(NCC1CCCNC1)c1cccc(Cl)c1. The van der Waals surface area contributed by atoms with Gasteiger partial charge in [0.2, 0.25) is 0 Å². The first kappa shape index (κ1) is 12.4. The van der Waals surface area contributed by atoms with Gasteiger partial charge in [-0.25, -0.2) is 0 Å². The van der Waals surface area contributed by atoms with Crippen molar-refractivity contribution in [3.05, 3.63) is 34.9 Å². The van der Waals surface area contributed by atoms with Gasteiger partial charge in [-0.05, 0) is 50.0 Å². The highest BCUT2D eigenvalue weighted by molar-refractivity contribution is 6.30. The predicted molar refractivity (Wildman–Crippen MR) is 69.4 cm³/mol. The summed E-state index contributed by atoms with van der Waals surface area (Å²) >= 11 is 5.85. The Kier molecular flexibility index (Phi) is 4.40. The maximum absolute atomic E-state index is 11.8. The number of piperidine rings is 1. The zero-order valence-corrected chi connectivity index (χ0v) is 10.5. The third kappa shape index (κ3) is 3.72. The van der Waals surface area contributed by atoms with Crippen LogP contribution in [0.5, 0.6) is 0 Å². The van der Waals surface area contributed by atoms with E-state index in [9.17, 15) is 4.79 Å². The van der Waals surface area contributed by atoms with Crippen molar-refractivity contribution in [3.8, 4) is 0 Å². The molecule has 2 rings (SSSR count). The van der Waals surface area contributed by atoms with Gasteiger partial charge in [0, 0.05) is 17.1 Å². The number of rotatable bonds is 3. The minimum atomic E-state index is -0.0435. The lowest BCUT2D eigenvalue weighted by atomic mass is 10.00. The van der Waals surface area contributed by atoms with Crippen LogP contribution in [0, 0.1) is 5.92 Å². The molecule has 1 aromatic rings. The van der Waals surface area contributed by atoms with Crippen LogP contribution in [-0.2, 0) is 0 Å². The molecule has 1 fully saturated rings. The molecule has 0 aromatic heterocycles. The van der Waals surface area contributed by atoms with Crippen LogP contribution >= 0.6 is 11.6 Å². The minimum absolute atomic E-state index is 0.0435. The Labute approximate surface area is 107 Å². The molecule has 1 aliphatic heterocycles. The number of nitrogens with one attached hydrogen (secondary N) is 2. The van der Waals surface area contributed by atoms with Crippen LogP contribution in [0.1, 0.15) is 23.2 Å². The molecule has 0 aliphatic carbocycles. The number of hydrogen-bond donors (Lipinski definition) is 2. The number of carbonyl (C=O) groups excluding carboxylic acids is 1. The van der Waals surface area contributed by atoms with Crippen molar-refractivity contribution in [1.29, 1.82) is 0 Å². The maximum Gasteiger partial charge on any atom is 0.251 e. The molecule has 0 spiro atoms. The molecule has 1 aliphatic rings. The molecule has 0 bridgehead atoms. The van der Waals surface area contributed by atoms with Crippen molar-refractivity contribution in [2.24, 2.45) is 5.92 Å². The fourth-order valence-corrected chi connectivity index (χ4v) is 2.26. The van der Waals surface area contributed by atoms with E-state index in [0.717, 1.165) is 19.6 Å². The number of carbonyl (C=O) groups is 1. The summed E-state index contributed by atoms with van der Waals surface area (Å²) in [6.07, 6.45) is 2.38. The van der Waals surface area contributed by atoms with Gasteiger partial charge in [-0.3, -0.25) is 4.79 Å². The Morgan fingerprint density at radius 3 is 3.12 bits per heavy atom. The van der Waals surface area contributed by atoms with Crippen LogP contribution in [-0.4, -0.2) is 25.5 Å². The van der Waals surface area contributed by atoms with Gasteiger partial charge >= 0.3 is 0 Å². The summed E-state index contributed by atoms with van der Waals surface area (Å²) in [5.41, 5.74) is 0.626. The monoisotopic (exact) mass is 252 g/mol. The third-order valence-electron chi connectivity index (χ3n) is 3.04. The number of halogens is 1. The van der Waals surface area contributed by atoms with E-state index in [-0.39, 0.29) is 5.91 Å². The molecule has 1 amide bonds. The Hall–Kier alpha value is -1.06. The Morgan fingerprint density at radius 1 is 1.53 bits per heavy atom. The summed E-state index contributed by atoms with van der Waals surface area (Å²) in [4.78, 5) is 11.8. The molecule has 1 heterocycles. The van der Waals surface area contributed by atoms with Crippen LogP contribution in [0.15, 0.2) is 24.3 Å². The van der Waals surface area contributed by atoms with Crippen molar-refractivity contribution in [2.45, 2.75) is 12.8 Å². The van der Waals surface area contributed by atoms with E-state index in [0.29, 0.717) is 16.5 Å². The summed E-state index contributed by atoms with van der Waals surface area (Å²) in [6.45, 7) is 2.83. The number of benzene rings is 1. The van der Waals surface area contributed by atoms with E-state index < -0.39 is 0 Å². The molecule has 0 radical (unpaired) electrons. The van der Waals surface area contributed by atoms with E-state index >= 15 is 0 Å². The summed E-state index contributed by atoms with van der Waals surface area (Å²) in [6, 6.07) is 7.03. The van der Waals surface area contributed by atoms with Crippen LogP contribution in [0.3, 0.4) is 0 Å². The van der Waals surface area contributed by atoms with Gasteiger partial charge in [0.15, 0.2) is 0 Å². The van der Waals surface area contributed by atoms with Gasteiger partial charge in [-0.15, -0.1) is 0 Å². The smallest absolute Gasteiger partial charge is 0.251 e. The molecule has 92 valence electrons. The average Bonchev–Trinajstić information content (AvgIpc) is 2.37. The molecule has 1 unspecified atom stereocenters. The number of hydrogen-bond acceptors (Lipinski definition) is 2. The highest BCUT2D eigenvalue weighted by Crippen LogP contribution is 2.11. The fourth-order valence-electron chi connectivity index (χ4n) is 2.07. The second kappa shape index (κ2) is 6.03. The minimum Gasteiger partial charge on any atom is -0.352 e. The molecule has 2 N–H and O–H groups in total. The molecular formula is C13H17ClN2O. The standard InChI is InChI=1S/C13H17ClN2O/c14-12-5-1-4-11(7-12)13(17)16-9-10-3-2-6-15-8-10/h1,4-5,7,10,15H,2-3,6,8-9H2,(H,16,17). The molecule has 1 atom stereocenters. The molecule has 0 saturated carbocycles. The predicted octanol–water partition coefficient (Wildman–Crippen LogP) is 2.07.